The number of nitrogens with two attached hydrogens (primary N) is 1. The molecule has 1 aromatic carbocycles. The van der Waals surface area contributed by atoms with E-state index in [0.29, 0.717) is 10.6 Å². The Morgan fingerprint density at radius 1 is 1.15 bits per heavy atom. The summed E-state index contributed by atoms with van der Waals surface area (Å²) in [6.07, 6.45) is 9.55. The first-order valence-electron chi connectivity index (χ1n) is 7.60. The highest BCUT2D eigenvalue weighted by Gasteiger charge is 2.14. The van der Waals surface area contributed by atoms with Crippen LogP contribution in [0.1, 0.15) is 69.9 Å². The van der Waals surface area contributed by atoms with Crippen LogP contribution in [0.4, 0.5) is 4.39 Å². The molecule has 0 bridgehead atoms. The molecule has 1 rings (SSSR count). The van der Waals surface area contributed by atoms with E-state index in [1.165, 1.54) is 44.6 Å². The zero-order chi connectivity index (χ0) is 14.8. The average molecular weight is 301 g/mol. The molecule has 114 valence electrons. The summed E-state index contributed by atoms with van der Waals surface area (Å²) in [5, 5.41) is 0.415. The molecule has 0 amide bonds. The molecule has 1 atom stereocenters. The first-order chi connectivity index (χ1) is 9.69. The van der Waals surface area contributed by atoms with Crippen LogP contribution in [0.15, 0.2) is 18.2 Å². The highest BCUT2D eigenvalue weighted by Crippen LogP contribution is 2.24. The third-order valence-corrected chi connectivity index (χ3v) is 3.87. The van der Waals surface area contributed by atoms with Crippen molar-refractivity contribution in [3.63, 3.8) is 0 Å². The average Bonchev–Trinajstić information content (AvgIpc) is 2.43. The third-order valence-electron chi connectivity index (χ3n) is 3.64. The summed E-state index contributed by atoms with van der Waals surface area (Å²) >= 11 is 5.76. The molecule has 0 aliphatic carbocycles. The normalized spacial score (nSPS) is 12.6. The molecule has 0 saturated heterocycles. The van der Waals surface area contributed by atoms with Crippen LogP contribution in [-0.4, -0.2) is 0 Å². The predicted molar refractivity (Wildman–Crippen MR) is 84.1 cm³/mol. The molecule has 0 fully saturated rings. The Balaban J connectivity index is 2.32. The van der Waals surface area contributed by atoms with Gasteiger partial charge < -0.3 is 0 Å². The Morgan fingerprint density at radius 3 is 2.40 bits per heavy atom. The SMILES string of the molecule is CCCCCCCCCC(NN)c1ccc(Cl)cc1F. The smallest absolute Gasteiger partial charge is 0.129 e. The van der Waals surface area contributed by atoms with Gasteiger partial charge in [0.05, 0.1) is 0 Å². The number of unbranched alkanes of at least 4 members (excludes halogenated alkanes) is 6. The predicted octanol–water partition coefficient (Wildman–Crippen LogP) is 5.12. The van der Waals surface area contributed by atoms with Gasteiger partial charge in [0, 0.05) is 16.6 Å². The van der Waals surface area contributed by atoms with Crippen LogP contribution in [0.5, 0.6) is 0 Å². The second kappa shape index (κ2) is 10.1. The Morgan fingerprint density at radius 2 is 1.80 bits per heavy atom. The lowest BCUT2D eigenvalue weighted by atomic mass is 9.99. The Hall–Kier alpha value is -0.640. The zero-order valence-electron chi connectivity index (χ0n) is 12.3. The van der Waals surface area contributed by atoms with Gasteiger partial charge in [0.2, 0.25) is 0 Å². The number of hydrogen-bond donors (Lipinski definition) is 2. The molecule has 0 saturated carbocycles. The molecule has 3 N–H and O–H groups in total. The Labute approximate surface area is 126 Å². The monoisotopic (exact) mass is 300 g/mol. The van der Waals surface area contributed by atoms with Gasteiger partial charge in [0.25, 0.3) is 0 Å². The lowest BCUT2D eigenvalue weighted by molar-refractivity contribution is 0.457. The van der Waals surface area contributed by atoms with Crippen LogP contribution in [0.2, 0.25) is 5.02 Å². The van der Waals surface area contributed by atoms with E-state index < -0.39 is 0 Å². The van der Waals surface area contributed by atoms with Crippen molar-refractivity contribution in [2.75, 3.05) is 0 Å². The van der Waals surface area contributed by atoms with Crippen LogP contribution >= 0.6 is 11.6 Å². The number of halogens is 2. The summed E-state index contributed by atoms with van der Waals surface area (Å²) in [7, 11) is 0. The van der Waals surface area contributed by atoms with Crippen LogP contribution in [0.25, 0.3) is 0 Å². The third kappa shape index (κ3) is 6.21. The van der Waals surface area contributed by atoms with Gasteiger partial charge in [0.15, 0.2) is 0 Å². The van der Waals surface area contributed by atoms with E-state index in [-0.39, 0.29) is 11.9 Å². The second-order valence-electron chi connectivity index (χ2n) is 5.30. The standard InChI is InChI=1S/C16H26ClFN2/c1-2-3-4-5-6-7-8-9-16(20-19)14-11-10-13(17)12-15(14)18/h10-12,16,20H,2-9,19H2,1H3. The van der Waals surface area contributed by atoms with E-state index in [1.807, 2.05) is 0 Å². The molecule has 1 aromatic rings. The summed E-state index contributed by atoms with van der Waals surface area (Å²) in [6.45, 7) is 2.22. The maximum atomic E-state index is 13.8. The Bertz CT molecular complexity index is 385. The van der Waals surface area contributed by atoms with E-state index in [9.17, 15) is 4.39 Å². The highest BCUT2D eigenvalue weighted by molar-refractivity contribution is 6.30. The van der Waals surface area contributed by atoms with E-state index in [4.69, 9.17) is 17.4 Å². The summed E-state index contributed by atoms with van der Waals surface area (Å²) in [4.78, 5) is 0. The molecule has 4 heteroatoms. The lowest BCUT2D eigenvalue weighted by Crippen LogP contribution is -2.28. The van der Waals surface area contributed by atoms with Gasteiger partial charge in [-0.1, -0.05) is 69.5 Å². The minimum Gasteiger partial charge on any atom is -0.271 e. The Kier molecular flexibility index (Phi) is 8.83. The van der Waals surface area contributed by atoms with E-state index >= 15 is 0 Å². The molecule has 0 radical (unpaired) electrons. The van der Waals surface area contributed by atoms with Crippen molar-refractivity contribution in [3.8, 4) is 0 Å². The number of hydrogen-bond acceptors (Lipinski definition) is 2. The van der Waals surface area contributed by atoms with E-state index in [1.54, 1.807) is 12.1 Å². The fourth-order valence-corrected chi connectivity index (χ4v) is 2.58. The van der Waals surface area contributed by atoms with Crippen LogP contribution < -0.4 is 11.3 Å². The zero-order valence-corrected chi connectivity index (χ0v) is 13.1. The maximum absolute atomic E-state index is 13.8. The van der Waals surface area contributed by atoms with Gasteiger partial charge in [-0.15, -0.1) is 0 Å². The number of rotatable bonds is 10. The molecule has 0 aliphatic heterocycles. The van der Waals surface area contributed by atoms with Crippen LogP contribution in [-0.2, 0) is 0 Å². The van der Waals surface area contributed by atoms with Crippen molar-refractivity contribution in [1.29, 1.82) is 0 Å². The molecule has 0 aliphatic rings. The van der Waals surface area contributed by atoms with Crippen LogP contribution in [0.3, 0.4) is 0 Å². The summed E-state index contributed by atoms with van der Waals surface area (Å²) < 4.78 is 13.8. The van der Waals surface area contributed by atoms with Gasteiger partial charge in [-0.25, -0.2) is 4.39 Å². The van der Waals surface area contributed by atoms with Crippen molar-refractivity contribution in [1.82, 2.24) is 5.43 Å². The van der Waals surface area contributed by atoms with E-state index in [0.717, 1.165) is 12.8 Å². The molecule has 1 unspecified atom stereocenters. The first kappa shape index (κ1) is 17.4. The molecule has 0 heterocycles. The van der Waals surface area contributed by atoms with Gasteiger partial charge in [0.1, 0.15) is 5.82 Å². The fourth-order valence-electron chi connectivity index (χ4n) is 2.42. The number of nitrogens with one attached hydrogen (secondary N) is 1. The van der Waals surface area contributed by atoms with Gasteiger partial charge in [-0.05, 0) is 18.6 Å². The molecular weight excluding hydrogens is 275 g/mol. The highest BCUT2D eigenvalue weighted by atomic mass is 35.5. The maximum Gasteiger partial charge on any atom is 0.129 e. The van der Waals surface area contributed by atoms with Crippen LogP contribution in [0, 0.1) is 5.82 Å². The summed E-state index contributed by atoms with van der Waals surface area (Å²) in [5.74, 6) is 5.25. The van der Waals surface area contributed by atoms with Gasteiger partial charge in [-0.3, -0.25) is 11.3 Å². The van der Waals surface area contributed by atoms with Gasteiger partial charge in [-0.2, -0.15) is 0 Å². The van der Waals surface area contributed by atoms with Crippen molar-refractivity contribution < 1.29 is 4.39 Å². The topological polar surface area (TPSA) is 38.0 Å². The summed E-state index contributed by atoms with van der Waals surface area (Å²) in [6, 6.07) is 4.62. The molecule has 2 nitrogen and oxygen atoms in total. The minimum absolute atomic E-state index is 0.136. The number of hydrazine groups is 1. The molecule has 20 heavy (non-hydrogen) atoms. The first-order valence-corrected chi connectivity index (χ1v) is 7.98. The van der Waals surface area contributed by atoms with Crippen molar-refractivity contribution in [2.24, 2.45) is 5.84 Å². The molecular formula is C16H26ClFN2. The van der Waals surface area contributed by atoms with Crippen molar-refractivity contribution in [3.05, 3.63) is 34.6 Å². The second-order valence-corrected chi connectivity index (χ2v) is 5.73. The minimum atomic E-state index is -0.289. The largest absolute Gasteiger partial charge is 0.271 e. The molecule has 0 spiro atoms. The van der Waals surface area contributed by atoms with E-state index in [2.05, 4.69) is 12.3 Å². The van der Waals surface area contributed by atoms with Gasteiger partial charge >= 0.3 is 0 Å². The molecule has 0 aromatic heterocycles. The number of benzene rings is 1. The quantitative estimate of drug-likeness (QED) is 0.357. The van der Waals surface area contributed by atoms with Crippen molar-refractivity contribution >= 4 is 11.6 Å². The lowest BCUT2D eigenvalue weighted by Gasteiger charge is -2.17. The van der Waals surface area contributed by atoms with Crippen molar-refractivity contribution in [2.45, 2.75) is 64.3 Å². The fraction of sp³-hybridized carbons (Fsp3) is 0.625. The summed E-state index contributed by atoms with van der Waals surface area (Å²) in [5.41, 5.74) is 3.31.